The van der Waals surface area contributed by atoms with Crippen LogP contribution in [0.2, 0.25) is 0 Å². The Kier molecular flexibility index (Phi) is 10.6. The van der Waals surface area contributed by atoms with Gasteiger partial charge in [0.05, 0.1) is 0 Å². The summed E-state index contributed by atoms with van der Waals surface area (Å²) in [5.41, 5.74) is 12.2. The fraction of sp³-hybridized carbons (Fsp3) is 0.581. The van der Waals surface area contributed by atoms with Gasteiger partial charge in [0, 0.05) is 0 Å². The van der Waals surface area contributed by atoms with Gasteiger partial charge in [0.1, 0.15) is 0 Å². The molecule has 0 aromatic heterocycles. The summed E-state index contributed by atoms with van der Waals surface area (Å²) in [4.78, 5) is 0. The summed E-state index contributed by atoms with van der Waals surface area (Å²) in [7, 11) is 0. The Morgan fingerprint density at radius 1 is 0.651 bits per heavy atom. The zero-order valence-corrected chi connectivity index (χ0v) is 28.8. The van der Waals surface area contributed by atoms with Crippen molar-refractivity contribution in [3.8, 4) is 0 Å². The molecule has 0 amide bonds. The molecule has 0 heterocycles. The molecule has 2 aliphatic carbocycles. The minimum atomic E-state index is 0.631. The zero-order valence-electron chi connectivity index (χ0n) is 28.8. The molecule has 0 saturated heterocycles. The highest BCUT2D eigenvalue weighted by Gasteiger charge is 2.36. The molecular weight excluding hydrogens is 516 g/mol. The smallest absolute Gasteiger partial charge is 0.00257 e. The van der Waals surface area contributed by atoms with Crippen molar-refractivity contribution in [3.05, 3.63) is 105 Å². The van der Waals surface area contributed by atoms with Crippen molar-refractivity contribution in [3.63, 3.8) is 0 Å². The monoisotopic (exact) mass is 576 g/mol. The summed E-state index contributed by atoms with van der Waals surface area (Å²) in [5, 5.41) is 0. The van der Waals surface area contributed by atoms with E-state index >= 15 is 0 Å². The van der Waals surface area contributed by atoms with E-state index in [4.69, 9.17) is 0 Å². The van der Waals surface area contributed by atoms with E-state index in [2.05, 4.69) is 116 Å². The van der Waals surface area contributed by atoms with Gasteiger partial charge >= 0.3 is 0 Å². The van der Waals surface area contributed by atoms with E-state index in [1.54, 1.807) is 16.7 Å². The van der Waals surface area contributed by atoms with Crippen molar-refractivity contribution in [2.45, 2.75) is 125 Å². The molecule has 0 spiro atoms. The highest BCUT2D eigenvalue weighted by Crippen LogP contribution is 2.48. The normalized spacial score (nSPS) is 26.1. The SMILES string of the molecule is CCc1ccc(CCC2C(C)c3ccc(Cc4ccc(CC(C)C5CC(C)CCC5C(C)C)cc4)cc3C2C)cc1CC. The minimum Gasteiger partial charge on any atom is -0.0625 e. The van der Waals surface area contributed by atoms with Crippen LogP contribution >= 0.6 is 0 Å². The topological polar surface area (TPSA) is 0 Å². The van der Waals surface area contributed by atoms with Gasteiger partial charge in [-0.15, -0.1) is 0 Å². The summed E-state index contributed by atoms with van der Waals surface area (Å²) in [6.45, 7) is 19.4. The maximum absolute atomic E-state index is 2.55. The van der Waals surface area contributed by atoms with Crippen molar-refractivity contribution in [1.29, 1.82) is 0 Å². The molecule has 5 rings (SSSR count). The number of rotatable bonds is 11. The van der Waals surface area contributed by atoms with E-state index in [-0.39, 0.29) is 0 Å². The van der Waals surface area contributed by atoms with Crippen molar-refractivity contribution in [1.82, 2.24) is 0 Å². The van der Waals surface area contributed by atoms with Gasteiger partial charge in [-0.1, -0.05) is 122 Å². The van der Waals surface area contributed by atoms with Gasteiger partial charge in [0.25, 0.3) is 0 Å². The first-order chi connectivity index (χ1) is 20.7. The number of hydrogen-bond donors (Lipinski definition) is 0. The molecule has 0 bridgehead atoms. The van der Waals surface area contributed by atoms with Crippen molar-refractivity contribution < 1.29 is 0 Å². The van der Waals surface area contributed by atoms with Crippen LogP contribution in [0, 0.1) is 35.5 Å². The Bertz CT molecular complexity index is 1330. The van der Waals surface area contributed by atoms with Gasteiger partial charge in [-0.25, -0.2) is 0 Å². The highest BCUT2D eigenvalue weighted by molar-refractivity contribution is 5.43. The Balaban J connectivity index is 1.20. The first kappa shape index (κ1) is 32.1. The number of fused-ring (bicyclic) bond motifs is 1. The second kappa shape index (κ2) is 14.2. The third-order valence-electron chi connectivity index (χ3n) is 12.0. The highest BCUT2D eigenvalue weighted by atomic mass is 14.4. The lowest BCUT2D eigenvalue weighted by Crippen LogP contribution is -2.32. The molecular formula is C43H60. The number of aryl methyl sites for hydroxylation is 3. The Labute approximate surface area is 265 Å². The summed E-state index contributed by atoms with van der Waals surface area (Å²) >= 11 is 0. The van der Waals surface area contributed by atoms with Crippen LogP contribution in [0.25, 0.3) is 0 Å². The summed E-state index contributed by atoms with van der Waals surface area (Å²) in [6, 6.07) is 24.3. The van der Waals surface area contributed by atoms with E-state index in [9.17, 15) is 0 Å². The van der Waals surface area contributed by atoms with Crippen LogP contribution in [-0.2, 0) is 32.1 Å². The van der Waals surface area contributed by atoms with Gasteiger partial charge in [-0.05, 0) is 143 Å². The molecule has 3 aromatic carbocycles. The van der Waals surface area contributed by atoms with Crippen LogP contribution in [0.1, 0.15) is 137 Å². The Hall–Kier alpha value is -2.34. The quantitative estimate of drug-likeness (QED) is 0.213. The number of hydrogen-bond acceptors (Lipinski definition) is 0. The molecule has 7 atom stereocenters. The second-order valence-corrected chi connectivity index (χ2v) is 15.2. The van der Waals surface area contributed by atoms with E-state index in [0.29, 0.717) is 11.8 Å². The van der Waals surface area contributed by atoms with Gasteiger partial charge < -0.3 is 0 Å². The van der Waals surface area contributed by atoms with Crippen LogP contribution in [0.3, 0.4) is 0 Å². The lowest BCUT2D eigenvalue weighted by atomic mass is 9.65. The summed E-state index contributed by atoms with van der Waals surface area (Å²) in [6.07, 6.45) is 11.3. The molecule has 0 radical (unpaired) electrons. The van der Waals surface area contributed by atoms with Crippen LogP contribution in [-0.4, -0.2) is 0 Å². The predicted molar refractivity (Wildman–Crippen MR) is 187 cm³/mol. The molecule has 0 N–H and O–H groups in total. The van der Waals surface area contributed by atoms with Crippen LogP contribution in [0.4, 0.5) is 0 Å². The molecule has 43 heavy (non-hydrogen) atoms. The maximum Gasteiger partial charge on any atom is -0.00257 e. The molecule has 2 aliphatic rings. The van der Waals surface area contributed by atoms with Gasteiger partial charge in [-0.2, -0.15) is 0 Å². The molecule has 232 valence electrons. The van der Waals surface area contributed by atoms with Crippen LogP contribution in [0.15, 0.2) is 60.7 Å². The van der Waals surface area contributed by atoms with Crippen molar-refractivity contribution >= 4 is 0 Å². The van der Waals surface area contributed by atoms with Crippen LogP contribution in [0.5, 0.6) is 0 Å². The standard InChI is InChI=1S/C43H60/c1-9-37-19-16-35(26-38(37)10-2)17-21-40-31(7)41-22-18-36(27-43(41)32(40)8)25-34-14-12-33(13-15-34)24-30(6)42-23-29(5)11-20-39(42)28(3)4/h12-16,18-19,22,26-32,39-40,42H,9-11,17,20-21,23-25H2,1-8H3. The third-order valence-corrected chi connectivity index (χ3v) is 12.0. The molecule has 3 aromatic rings. The predicted octanol–water partition coefficient (Wildman–Crippen LogP) is 11.8. The van der Waals surface area contributed by atoms with Crippen LogP contribution < -0.4 is 0 Å². The van der Waals surface area contributed by atoms with E-state index in [1.165, 1.54) is 66.3 Å². The largest absolute Gasteiger partial charge is 0.0625 e. The fourth-order valence-corrected chi connectivity index (χ4v) is 9.26. The fourth-order valence-electron chi connectivity index (χ4n) is 9.26. The molecule has 7 unspecified atom stereocenters. The number of benzene rings is 3. The second-order valence-electron chi connectivity index (χ2n) is 15.2. The minimum absolute atomic E-state index is 0.631. The lowest BCUT2D eigenvalue weighted by molar-refractivity contribution is 0.0987. The van der Waals surface area contributed by atoms with Gasteiger partial charge in [-0.3, -0.25) is 0 Å². The van der Waals surface area contributed by atoms with Gasteiger partial charge in [0.15, 0.2) is 0 Å². The average Bonchev–Trinajstić information content (AvgIpc) is 3.24. The van der Waals surface area contributed by atoms with Crippen molar-refractivity contribution in [2.24, 2.45) is 35.5 Å². The van der Waals surface area contributed by atoms with Gasteiger partial charge in [0.2, 0.25) is 0 Å². The molecule has 0 aliphatic heterocycles. The van der Waals surface area contributed by atoms with E-state index in [0.717, 1.165) is 54.8 Å². The van der Waals surface area contributed by atoms with Crippen molar-refractivity contribution in [2.75, 3.05) is 0 Å². The Morgan fingerprint density at radius 2 is 1.30 bits per heavy atom. The molecule has 0 heteroatoms. The summed E-state index contributed by atoms with van der Waals surface area (Å²) < 4.78 is 0. The van der Waals surface area contributed by atoms with E-state index in [1.807, 2.05) is 0 Å². The first-order valence-corrected chi connectivity index (χ1v) is 18.0. The molecule has 1 fully saturated rings. The first-order valence-electron chi connectivity index (χ1n) is 18.0. The third kappa shape index (κ3) is 7.32. The maximum atomic E-state index is 2.55. The Morgan fingerprint density at radius 3 is 2.00 bits per heavy atom. The lowest BCUT2D eigenvalue weighted by Gasteiger charge is -2.41. The van der Waals surface area contributed by atoms with E-state index < -0.39 is 0 Å². The molecule has 1 saturated carbocycles. The summed E-state index contributed by atoms with van der Waals surface area (Å²) in [5.74, 6) is 6.24. The average molecular weight is 577 g/mol. The molecule has 0 nitrogen and oxygen atoms in total. The zero-order chi connectivity index (χ0) is 30.7.